The van der Waals surface area contributed by atoms with Crippen molar-refractivity contribution in [3.8, 4) is 0 Å². The van der Waals surface area contributed by atoms with E-state index in [-0.39, 0.29) is 17.9 Å². The molecular formula is C13H16N2O3. The molecule has 1 atom stereocenters. The second-order valence-electron chi connectivity index (χ2n) is 4.94. The maximum absolute atomic E-state index is 12.0. The van der Waals surface area contributed by atoms with Crippen LogP contribution in [0.4, 0.5) is 0 Å². The van der Waals surface area contributed by atoms with Crippen LogP contribution in [0.3, 0.4) is 0 Å². The van der Waals surface area contributed by atoms with Crippen molar-refractivity contribution >= 4 is 11.8 Å². The predicted octanol–water partition coefficient (Wildman–Crippen LogP) is 1.05. The van der Waals surface area contributed by atoms with Gasteiger partial charge in [-0.25, -0.2) is 0 Å². The van der Waals surface area contributed by atoms with Crippen molar-refractivity contribution < 1.29 is 14.0 Å². The Kier molecular flexibility index (Phi) is 2.81. The molecule has 2 amide bonds. The predicted molar refractivity (Wildman–Crippen MR) is 63.4 cm³/mol. The molecule has 1 saturated carbocycles. The maximum Gasteiger partial charge on any atom is 0.243 e. The van der Waals surface area contributed by atoms with Crippen LogP contribution in [0, 0.1) is 0 Å². The van der Waals surface area contributed by atoms with E-state index in [1.807, 2.05) is 6.07 Å². The highest BCUT2D eigenvalue weighted by Crippen LogP contribution is 2.24. The summed E-state index contributed by atoms with van der Waals surface area (Å²) < 4.78 is 5.24. The standard InChI is InChI=1S/C13H16N2O3/c16-12-6-5-11(13(17)14-9-3-4-9)15(12)8-10-2-1-7-18-10/h1-2,7,9,11H,3-6,8H2,(H,14,17). The van der Waals surface area contributed by atoms with E-state index in [0.717, 1.165) is 18.6 Å². The summed E-state index contributed by atoms with van der Waals surface area (Å²) in [5, 5.41) is 2.96. The van der Waals surface area contributed by atoms with Crippen LogP contribution < -0.4 is 5.32 Å². The minimum absolute atomic E-state index is 0.0186. The van der Waals surface area contributed by atoms with Crippen molar-refractivity contribution in [2.45, 2.75) is 44.3 Å². The first kappa shape index (κ1) is 11.3. The minimum Gasteiger partial charge on any atom is -0.467 e. The fourth-order valence-corrected chi connectivity index (χ4v) is 2.30. The van der Waals surface area contributed by atoms with E-state index in [9.17, 15) is 9.59 Å². The first-order valence-corrected chi connectivity index (χ1v) is 6.36. The van der Waals surface area contributed by atoms with Crippen LogP contribution >= 0.6 is 0 Å². The maximum atomic E-state index is 12.0. The van der Waals surface area contributed by atoms with E-state index >= 15 is 0 Å². The molecule has 1 aliphatic heterocycles. The highest BCUT2D eigenvalue weighted by atomic mass is 16.3. The molecule has 1 aliphatic carbocycles. The Morgan fingerprint density at radius 3 is 2.94 bits per heavy atom. The van der Waals surface area contributed by atoms with E-state index in [4.69, 9.17) is 4.42 Å². The lowest BCUT2D eigenvalue weighted by atomic mass is 10.2. The monoisotopic (exact) mass is 248 g/mol. The third-order valence-corrected chi connectivity index (χ3v) is 3.46. The van der Waals surface area contributed by atoms with Gasteiger partial charge in [0.25, 0.3) is 0 Å². The lowest BCUT2D eigenvalue weighted by Gasteiger charge is -2.23. The van der Waals surface area contributed by atoms with Gasteiger partial charge < -0.3 is 14.6 Å². The van der Waals surface area contributed by atoms with Crippen LogP contribution in [0.15, 0.2) is 22.8 Å². The zero-order valence-electron chi connectivity index (χ0n) is 10.1. The molecule has 3 rings (SSSR count). The number of furan rings is 1. The van der Waals surface area contributed by atoms with E-state index < -0.39 is 0 Å². The minimum atomic E-state index is -0.330. The second kappa shape index (κ2) is 4.48. The summed E-state index contributed by atoms with van der Waals surface area (Å²) >= 11 is 0. The third kappa shape index (κ3) is 2.25. The van der Waals surface area contributed by atoms with Crippen LogP contribution in [0.2, 0.25) is 0 Å². The van der Waals surface area contributed by atoms with Crippen molar-refractivity contribution in [3.05, 3.63) is 24.2 Å². The molecule has 0 radical (unpaired) electrons. The topological polar surface area (TPSA) is 62.6 Å². The van der Waals surface area contributed by atoms with Crippen molar-refractivity contribution in [3.63, 3.8) is 0 Å². The van der Waals surface area contributed by atoms with Crippen molar-refractivity contribution in [1.82, 2.24) is 10.2 Å². The average molecular weight is 248 g/mol. The van der Waals surface area contributed by atoms with Gasteiger partial charge in [-0.2, -0.15) is 0 Å². The van der Waals surface area contributed by atoms with Crippen molar-refractivity contribution in [2.24, 2.45) is 0 Å². The number of carbonyl (C=O) groups is 2. The molecule has 0 aromatic carbocycles. The number of amides is 2. The smallest absolute Gasteiger partial charge is 0.243 e. The first-order chi connectivity index (χ1) is 8.74. The van der Waals surface area contributed by atoms with E-state index in [1.54, 1.807) is 17.2 Å². The normalized spacial score (nSPS) is 23.4. The molecule has 5 heteroatoms. The Balaban J connectivity index is 1.68. The Labute approximate surface area is 105 Å². The Morgan fingerprint density at radius 1 is 1.44 bits per heavy atom. The second-order valence-corrected chi connectivity index (χ2v) is 4.94. The quantitative estimate of drug-likeness (QED) is 0.866. The van der Waals surface area contributed by atoms with Crippen LogP contribution in [0.1, 0.15) is 31.4 Å². The number of hydrogen-bond acceptors (Lipinski definition) is 3. The largest absolute Gasteiger partial charge is 0.467 e. The zero-order valence-corrected chi connectivity index (χ0v) is 10.1. The number of hydrogen-bond donors (Lipinski definition) is 1. The molecule has 1 N–H and O–H groups in total. The van der Waals surface area contributed by atoms with E-state index in [1.165, 1.54) is 0 Å². The molecule has 0 bridgehead atoms. The molecule has 1 aromatic rings. The van der Waals surface area contributed by atoms with Gasteiger partial charge in [-0.1, -0.05) is 0 Å². The van der Waals surface area contributed by atoms with Gasteiger partial charge in [0, 0.05) is 12.5 Å². The van der Waals surface area contributed by atoms with Gasteiger partial charge in [0.15, 0.2) is 0 Å². The lowest BCUT2D eigenvalue weighted by molar-refractivity contribution is -0.136. The summed E-state index contributed by atoms with van der Waals surface area (Å²) in [6.07, 6.45) is 4.76. The fourth-order valence-electron chi connectivity index (χ4n) is 2.30. The summed E-state index contributed by atoms with van der Waals surface area (Å²) in [6, 6.07) is 3.61. The van der Waals surface area contributed by atoms with Crippen LogP contribution in [0.5, 0.6) is 0 Å². The summed E-state index contributed by atoms with van der Waals surface area (Å²) in [5.74, 6) is 0.728. The lowest BCUT2D eigenvalue weighted by Crippen LogP contribution is -2.44. The summed E-state index contributed by atoms with van der Waals surface area (Å²) in [4.78, 5) is 25.5. The third-order valence-electron chi connectivity index (χ3n) is 3.46. The molecule has 1 unspecified atom stereocenters. The van der Waals surface area contributed by atoms with Gasteiger partial charge in [0.05, 0.1) is 12.8 Å². The number of nitrogens with one attached hydrogen (secondary N) is 1. The highest BCUT2D eigenvalue weighted by Gasteiger charge is 2.38. The Hall–Kier alpha value is -1.78. The van der Waals surface area contributed by atoms with Crippen molar-refractivity contribution in [1.29, 1.82) is 0 Å². The summed E-state index contributed by atoms with van der Waals surface area (Å²) in [5.41, 5.74) is 0. The van der Waals surface area contributed by atoms with Crippen LogP contribution in [0.25, 0.3) is 0 Å². The zero-order chi connectivity index (χ0) is 12.5. The molecule has 2 fully saturated rings. The van der Waals surface area contributed by atoms with Crippen molar-refractivity contribution in [2.75, 3.05) is 0 Å². The van der Waals surface area contributed by atoms with E-state index in [0.29, 0.717) is 25.4 Å². The Bertz CT molecular complexity index is 451. The molecule has 18 heavy (non-hydrogen) atoms. The van der Waals surface area contributed by atoms with Gasteiger partial charge in [-0.05, 0) is 31.4 Å². The van der Waals surface area contributed by atoms with Crippen LogP contribution in [-0.4, -0.2) is 28.8 Å². The molecule has 5 nitrogen and oxygen atoms in total. The molecule has 1 saturated heterocycles. The van der Waals surface area contributed by atoms with E-state index in [2.05, 4.69) is 5.32 Å². The molecule has 2 heterocycles. The van der Waals surface area contributed by atoms with Crippen LogP contribution in [-0.2, 0) is 16.1 Å². The van der Waals surface area contributed by atoms with Gasteiger partial charge in [0.1, 0.15) is 11.8 Å². The molecule has 2 aliphatic rings. The molecule has 1 aromatic heterocycles. The van der Waals surface area contributed by atoms with Gasteiger partial charge in [-0.3, -0.25) is 9.59 Å². The number of rotatable bonds is 4. The number of likely N-dealkylation sites (tertiary alicyclic amines) is 1. The first-order valence-electron chi connectivity index (χ1n) is 6.36. The number of carbonyl (C=O) groups excluding carboxylic acids is 2. The average Bonchev–Trinajstić information content (AvgIpc) is 2.88. The van der Waals surface area contributed by atoms with Gasteiger partial charge >= 0.3 is 0 Å². The SMILES string of the molecule is O=C(NC1CC1)C1CCC(=O)N1Cc1ccco1. The molecule has 0 spiro atoms. The molecular weight excluding hydrogens is 232 g/mol. The fraction of sp³-hybridized carbons (Fsp3) is 0.538. The summed E-state index contributed by atoms with van der Waals surface area (Å²) in [6.45, 7) is 0.384. The summed E-state index contributed by atoms with van der Waals surface area (Å²) in [7, 11) is 0. The molecule has 96 valence electrons. The van der Waals surface area contributed by atoms with Gasteiger partial charge in [0.2, 0.25) is 11.8 Å². The highest BCUT2D eigenvalue weighted by molar-refractivity contribution is 5.91. The Morgan fingerprint density at radius 2 is 2.28 bits per heavy atom. The number of nitrogens with zero attached hydrogens (tertiary/aromatic N) is 1. The van der Waals surface area contributed by atoms with Gasteiger partial charge in [-0.15, -0.1) is 0 Å².